The summed E-state index contributed by atoms with van der Waals surface area (Å²) in [5, 5.41) is 8.58. The number of nitrogens with zero attached hydrogens (tertiary/aromatic N) is 1. The summed E-state index contributed by atoms with van der Waals surface area (Å²) < 4.78 is 0. The number of benzene rings is 1. The van der Waals surface area contributed by atoms with Crippen molar-refractivity contribution in [3.8, 4) is 0 Å². The largest absolute Gasteiger partial charge is 0.474 e. The van der Waals surface area contributed by atoms with Crippen LogP contribution in [0.2, 0.25) is 0 Å². The van der Waals surface area contributed by atoms with Crippen LogP contribution in [0.25, 0.3) is 0 Å². The van der Waals surface area contributed by atoms with Crippen molar-refractivity contribution in [2.24, 2.45) is 0 Å². The third-order valence-corrected chi connectivity index (χ3v) is 3.43. The molecule has 0 heterocycles. The van der Waals surface area contributed by atoms with E-state index in [9.17, 15) is 9.59 Å². The molecule has 0 aromatic heterocycles. The minimum absolute atomic E-state index is 0.411. The number of carbonyl (C=O) groups is 2. The molecular weight excluding hydrogens is 242 g/mol. The molecule has 4 heteroatoms. The van der Waals surface area contributed by atoms with E-state index in [0.29, 0.717) is 18.9 Å². The number of carboxylic acids is 1. The van der Waals surface area contributed by atoms with Crippen LogP contribution in [-0.4, -0.2) is 35.5 Å². The Morgan fingerprint density at radius 1 is 1.26 bits per heavy atom. The summed E-state index contributed by atoms with van der Waals surface area (Å²) in [6.07, 6.45) is 1.77. The van der Waals surface area contributed by atoms with Crippen LogP contribution in [0.3, 0.4) is 0 Å². The van der Waals surface area contributed by atoms with E-state index < -0.39 is 11.9 Å². The molecule has 4 nitrogen and oxygen atoms in total. The lowest BCUT2D eigenvalue weighted by atomic mass is 9.97. The Morgan fingerprint density at radius 3 is 2.32 bits per heavy atom. The molecule has 0 saturated heterocycles. The highest BCUT2D eigenvalue weighted by Crippen LogP contribution is 2.18. The molecule has 1 rings (SSSR count). The molecule has 0 fully saturated rings. The van der Waals surface area contributed by atoms with Crippen molar-refractivity contribution in [2.75, 3.05) is 13.6 Å². The van der Waals surface area contributed by atoms with Crippen molar-refractivity contribution >= 4 is 11.9 Å². The molecule has 1 aromatic rings. The van der Waals surface area contributed by atoms with Gasteiger partial charge in [0.2, 0.25) is 0 Å². The Balaban J connectivity index is 2.55. The lowest BCUT2D eigenvalue weighted by Gasteiger charge is -2.15. The standard InChI is InChI=1S/C15H21NO3/c1-4-11(2)13-7-5-12(6-8-13)9-10-16(3)14(17)15(18)19/h5-8,11H,4,9-10H2,1-3H3,(H,18,19). The predicted molar refractivity (Wildman–Crippen MR) is 74.1 cm³/mol. The average molecular weight is 263 g/mol. The lowest BCUT2D eigenvalue weighted by Crippen LogP contribution is -2.34. The minimum atomic E-state index is -1.41. The maximum atomic E-state index is 11.2. The Hall–Kier alpha value is -1.84. The van der Waals surface area contributed by atoms with Gasteiger partial charge in [-0.2, -0.15) is 0 Å². The van der Waals surface area contributed by atoms with Gasteiger partial charge in [0.25, 0.3) is 0 Å². The second-order valence-electron chi connectivity index (χ2n) is 4.83. The first-order valence-corrected chi connectivity index (χ1v) is 6.53. The fourth-order valence-electron chi connectivity index (χ4n) is 1.81. The maximum absolute atomic E-state index is 11.2. The third kappa shape index (κ3) is 4.39. The second kappa shape index (κ2) is 6.92. The smallest absolute Gasteiger partial charge is 0.394 e. The first kappa shape index (κ1) is 15.2. The summed E-state index contributed by atoms with van der Waals surface area (Å²) in [7, 11) is 1.50. The van der Waals surface area contributed by atoms with E-state index in [4.69, 9.17) is 5.11 Å². The van der Waals surface area contributed by atoms with Gasteiger partial charge in [-0.15, -0.1) is 0 Å². The van der Waals surface area contributed by atoms with Gasteiger partial charge in [0.15, 0.2) is 0 Å². The fourth-order valence-corrected chi connectivity index (χ4v) is 1.81. The van der Waals surface area contributed by atoms with Crippen LogP contribution in [0.4, 0.5) is 0 Å². The molecule has 0 spiro atoms. The Labute approximate surface area is 114 Å². The molecule has 1 unspecified atom stereocenters. The molecule has 19 heavy (non-hydrogen) atoms. The van der Waals surface area contributed by atoms with E-state index in [-0.39, 0.29) is 0 Å². The second-order valence-corrected chi connectivity index (χ2v) is 4.83. The number of amides is 1. The Kier molecular flexibility index (Phi) is 5.55. The molecule has 1 atom stereocenters. The van der Waals surface area contributed by atoms with Crippen molar-refractivity contribution in [3.05, 3.63) is 35.4 Å². The van der Waals surface area contributed by atoms with Crippen molar-refractivity contribution in [3.63, 3.8) is 0 Å². The zero-order chi connectivity index (χ0) is 14.4. The van der Waals surface area contributed by atoms with E-state index in [2.05, 4.69) is 26.0 Å². The number of aliphatic carboxylic acids is 1. The number of carboxylic acid groups (broad SMARTS) is 1. The Bertz CT molecular complexity index is 439. The molecule has 0 saturated carbocycles. The zero-order valence-electron chi connectivity index (χ0n) is 11.7. The Morgan fingerprint density at radius 2 is 1.84 bits per heavy atom. The normalized spacial score (nSPS) is 11.9. The summed E-state index contributed by atoms with van der Waals surface area (Å²) >= 11 is 0. The van der Waals surface area contributed by atoms with E-state index in [0.717, 1.165) is 12.0 Å². The number of likely N-dealkylation sites (N-methyl/N-ethyl adjacent to an activating group) is 1. The minimum Gasteiger partial charge on any atom is -0.474 e. The van der Waals surface area contributed by atoms with Crippen LogP contribution in [0.15, 0.2) is 24.3 Å². The summed E-state index contributed by atoms with van der Waals surface area (Å²) in [6, 6.07) is 8.28. The SMILES string of the molecule is CCC(C)c1ccc(CCN(C)C(=O)C(=O)O)cc1. The summed E-state index contributed by atoms with van der Waals surface area (Å²) in [6.45, 7) is 4.76. The molecular formula is C15H21NO3. The highest BCUT2D eigenvalue weighted by Gasteiger charge is 2.16. The van der Waals surface area contributed by atoms with Crippen LogP contribution in [0, 0.1) is 0 Å². The molecule has 0 aliphatic carbocycles. The van der Waals surface area contributed by atoms with Crippen molar-refractivity contribution in [1.29, 1.82) is 0 Å². The maximum Gasteiger partial charge on any atom is 0.394 e. The van der Waals surface area contributed by atoms with Crippen LogP contribution < -0.4 is 0 Å². The first-order chi connectivity index (χ1) is 8.95. The van der Waals surface area contributed by atoms with Gasteiger partial charge in [-0.3, -0.25) is 4.79 Å². The van der Waals surface area contributed by atoms with Gasteiger partial charge in [-0.1, -0.05) is 38.1 Å². The molecule has 0 radical (unpaired) electrons. The van der Waals surface area contributed by atoms with Crippen LogP contribution in [0.5, 0.6) is 0 Å². The predicted octanol–water partition coefficient (Wildman–Crippen LogP) is 2.29. The number of hydrogen-bond acceptors (Lipinski definition) is 2. The van der Waals surface area contributed by atoms with E-state index in [1.807, 2.05) is 12.1 Å². The first-order valence-electron chi connectivity index (χ1n) is 6.53. The van der Waals surface area contributed by atoms with Crippen molar-refractivity contribution in [2.45, 2.75) is 32.6 Å². The van der Waals surface area contributed by atoms with Gasteiger partial charge in [0.1, 0.15) is 0 Å². The average Bonchev–Trinajstić information content (AvgIpc) is 2.43. The molecule has 104 valence electrons. The van der Waals surface area contributed by atoms with Gasteiger partial charge in [0.05, 0.1) is 0 Å². The number of rotatable bonds is 5. The van der Waals surface area contributed by atoms with Crippen molar-refractivity contribution < 1.29 is 14.7 Å². The van der Waals surface area contributed by atoms with Crippen LogP contribution >= 0.6 is 0 Å². The number of hydrogen-bond donors (Lipinski definition) is 1. The third-order valence-electron chi connectivity index (χ3n) is 3.43. The summed E-state index contributed by atoms with van der Waals surface area (Å²) in [4.78, 5) is 22.9. The molecule has 0 aliphatic rings. The lowest BCUT2D eigenvalue weighted by molar-refractivity contribution is -0.155. The van der Waals surface area contributed by atoms with Crippen molar-refractivity contribution in [1.82, 2.24) is 4.90 Å². The van der Waals surface area contributed by atoms with Gasteiger partial charge < -0.3 is 10.0 Å². The molecule has 1 N–H and O–H groups in total. The fraction of sp³-hybridized carbons (Fsp3) is 0.467. The molecule has 1 aromatic carbocycles. The molecule has 1 amide bonds. The summed E-state index contributed by atoms with van der Waals surface area (Å²) in [5.74, 6) is -1.73. The van der Waals surface area contributed by atoms with Crippen LogP contribution in [0.1, 0.15) is 37.3 Å². The molecule has 0 aliphatic heterocycles. The molecule has 0 bridgehead atoms. The van der Waals surface area contributed by atoms with Gasteiger partial charge in [0, 0.05) is 13.6 Å². The highest BCUT2D eigenvalue weighted by atomic mass is 16.4. The monoisotopic (exact) mass is 263 g/mol. The highest BCUT2D eigenvalue weighted by molar-refractivity contribution is 6.31. The van der Waals surface area contributed by atoms with E-state index in [1.165, 1.54) is 17.5 Å². The quantitative estimate of drug-likeness (QED) is 0.829. The number of carbonyl (C=O) groups excluding carboxylic acids is 1. The summed E-state index contributed by atoms with van der Waals surface area (Å²) in [5.41, 5.74) is 2.42. The van der Waals surface area contributed by atoms with Gasteiger partial charge >= 0.3 is 11.9 Å². The topological polar surface area (TPSA) is 57.6 Å². The van der Waals surface area contributed by atoms with Crippen LogP contribution in [-0.2, 0) is 16.0 Å². The zero-order valence-corrected chi connectivity index (χ0v) is 11.7. The van der Waals surface area contributed by atoms with E-state index in [1.54, 1.807) is 0 Å². The van der Waals surface area contributed by atoms with Gasteiger partial charge in [-0.05, 0) is 29.9 Å². The van der Waals surface area contributed by atoms with E-state index >= 15 is 0 Å². The van der Waals surface area contributed by atoms with Gasteiger partial charge in [-0.25, -0.2) is 4.79 Å².